The van der Waals surface area contributed by atoms with E-state index in [0.29, 0.717) is 19.3 Å². The Hall–Kier alpha value is -3.93. The molecule has 0 bridgehead atoms. The van der Waals surface area contributed by atoms with Crippen molar-refractivity contribution < 1.29 is 28.6 Å². The molecule has 0 aliphatic carbocycles. The van der Waals surface area contributed by atoms with Crippen LogP contribution >= 0.6 is 0 Å². The van der Waals surface area contributed by atoms with Crippen molar-refractivity contribution in [3.8, 4) is 0 Å². The molecule has 0 aromatic rings. The Bertz CT molecular complexity index is 1330. The zero-order valence-corrected chi connectivity index (χ0v) is 40.5. The maximum absolute atomic E-state index is 12.7. The first-order valence-electron chi connectivity index (χ1n) is 25.4. The van der Waals surface area contributed by atoms with E-state index in [4.69, 9.17) is 14.2 Å². The van der Waals surface area contributed by atoms with Crippen LogP contribution in [0.15, 0.2) is 109 Å². The smallest absolute Gasteiger partial charge is 0.306 e. The number of unbranched alkanes of at least 4 members (excludes halogenated alkanes) is 15. The summed E-state index contributed by atoms with van der Waals surface area (Å²) in [4.78, 5) is 37.8. The van der Waals surface area contributed by atoms with Crippen molar-refractivity contribution in [2.45, 2.75) is 219 Å². The Morgan fingerprint density at radius 3 is 1.08 bits per heavy atom. The highest BCUT2D eigenvalue weighted by Crippen LogP contribution is 2.11. The molecular weight excluding hydrogens is 781 g/mol. The van der Waals surface area contributed by atoms with Crippen molar-refractivity contribution in [3.05, 3.63) is 109 Å². The molecule has 0 saturated carbocycles. The van der Waals surface area contributed by atoms with Crippen LogP contribution in [0.5, 0.6) is 0 Å². The third kappa shape index (κ3) is 49.0. The zero-order valence-electron chi connectivity index (χ0n) is 40.5. The molecule has 0 aliphatic heterocycles. The second-order valence-electron chi connectivity index (χ2n) is 16.3. The summed E-state index contributed by atoms with van der Waals surface area (Å²) in [6, 6.07) is 0. The zero-order chi connectivity index (χ0) is 45.8. The van der Waals surface area contributed by atoms with Crippen LogP contribution in [0.1, 0.15) is 213 Å². The molecule has 6 nitrogen and oxygen atoms in total. The number of ether oxygens (including phenoxy) is 3. The maximum atomic E-state index is 12.7. The molecule has 0 heterocycles. The van der Waals surface area contributed by atoms with Gasteiger partial charge in [0.25, 0.3) is 0 Å². The van der Waals surface area contributed by atoms with Crippen LogP contribution in [0.4, 0.5) is 0 Å². The summed E-state index contributed by atoms with van der Waals surface area (Å²) in [5.41, 5.74) is 0. The first-order chi connectivity index (χ1) is 31.0. The Morgan fingerprint density at radius 2 is 0.651 bits per heavy atom. The van der Waals surface area contributed by atoms with Crippen LogP contribution in [0.3, 0.4) is 0 Å². The van der Waals surface area contributed by atoms with Crippen LogP contribution in [-0.4, -0.2) is 37.2 Å². The van der Waals surface area contributed by atoms with E-state index in [1.807, 2.05) is 18.2 Å². The van der Waals surface area contributed by atoms with Gasteiger partial charge >= 0.3 is 17.9 Å². The summed E-state index contributed by atoms with van der Waals surface area (Å²) in [5.74, 6) is -1.11. The molecule has 0 N–H and O–H groups in total. The largest absolute Gasteiger partial charge is 0.462 e. The number of hydrogen-bond donors (Lipinski definition) is 0. The fourth-order valence-electron chi connectivity index (χ4n) is 6.45. The van der Waals surface area contributed by atoms with Gasteiger partial charge in [-0.15, -0.1) is 0 Å². The van der Waals surface area contributed by atoms with Gasteiger partial charge in [0.05, 0.1) is 0 Å². The van der Waals surface area contributed by atoms with Gasteiger partial charge in [-0.25, -0.2) is 0 Å². The minimum absolute atomic E-state index is 0.134. The van der Waals surface area contributed by atoms with Gasteiger partial charge in [-0.3, -0.25) is 14.4 Å². The summed E-state index contributed by atoms with van der Waals surface area (Å²) >= 11 is 0. The van der Waals surface area contributed by atoms with E-state index in [9.17, 15) is 14.4 Å². The molecule has 0 fully saturated rings. The van der Waals surface area contributed by atoms with E-state index in [-0.39, 0.29) is 38.0 Å². The summed E-state index contributed by atoms with van der Waals surface area (Å²) in [7, 11) is 0. The van der Waals surface area contributed by atoms with E-state index in [1.165, 1.54) is 77.0 Å². The number of allylic oxidation sites excluding steroid dienone is 18. The van der Waals surface area contributed by atoms with Crippen molar-refractivity contribution in [2.24, 2.45) is 0 Å². The molecule has 1 atom stereocenters. The normalized spacial score (nSPS) is 13.0. The third-order valence-corrected chi connectivity index (χ3v) is 10.3. The lowest BCUT2D eigenvalue weighted by molar-refractivity contribution is -0.166. The van der Waals surface area contributed by atoms with Crippen molar-refractivity contribution in [1.29, 1.82) is 0 Å². The van der Waals surface area contributed by atoms with Gasteiger partial charge in [0, 0.05) is 19.3 Å². The quantitative estimate of drug-likeness (QED) is 0.0263. The maximum Gasteiger partial charge on any atom is 0.306 e. The Kier molecular flexibility index (Phi) is 47.5. The van der Waals surface area contributed by atoms with E-state index < -0.39 is 12.1 Å². The second-order valence-corrected chi connectivity index (χ2v) is 16.3. The van der Waals surface area contributed by atoms with Crippen LogP contribution in [0.2, 0.25) is 0 Å². The van der Waals surface area contributed by atoms with Gasteiger partial charge in [-0.1, -0.05) is 201 Å². The predicted octanol–water partition coefficient (Wildman–Crippen LogP) is 16.8. The van der Waals surface area contributed by atoms with E-state index in [1.54, 1.807) is 0 Å². The average molecular weight is 873 g/mol. The van der Waals surface area contributed by atoms with Gasteiger partial charge in [-0.2, -0.15) is 0 Å². The lowest BCUT2D eigenvalue weighted by Gasteiger charge is -2.18. The van der Waals surface area contributed by atoms with Gasteiger partial charge < -0.3 is 14.2 Å². The number of esters is 3. The average Bonchev–Trinajstić information content (AvgIpc) is 3.28. The summed E-state index contributed by atoms with van der Waals surface area (Å²) in [5, 5.41) is 0. The highest BCUT2D eigenvalue weighted by Gasteiger charge is 2.19. The van der Waals surface area contributed by atoms with Crippen LogP contribution < -0.4 is 0 Å². The molecule has 0 rings (SSSR count). The van der Waals surface area contributed by atoms with Crippen LogP contribution in [-0.2, 0) is 28.6 Å². The Morgan fingerprint density at radius 1 is 0.333 bits per heavy atom. The summed E-state index contributed by atoms with van der Waals surface area (Å²) in [6.07, 6.45) is 68.1. The minimum Gasteiger partial charge on any atom is -0.462 e. The molecule has 0 aliphatic rings. The SMILES string of the molecule is CC/C=C/C/C=C/C/C=C/C/C=C/C/C=C/C/C=C/CCC(=O)OCC(COC(=O)CCCCC/C=C/CCCCCCCC)OC(=O)CC/C=C/C/C=C/CCCCCCCC. The fraction of sp³-hybridized carbons (Fsp3) is 0.632. The highest BCUT2D eigenvalue weighted by molar-refractivity contribution is 5.71. The van der Waals surface area contributed by atoms with Gasteiger partial charge in [0.2, 0.25) is 0 Å². The van der Waals surface area contributed by atoms with E-state index in [2.05, 4.69) is 112 Å². The molecular formula is C57H92O6. The van der Waals surface area contributed by atoms with Gasteiger partial charge in [0.1, 0.15) is 13.2 Å². The first kappa shape index (κ1) is 59.1. The van der Waals surface area contributed by atoms with Crippen LogP contribution in [0.25, 0.3) is 0 Å². The van der Waals surface area contributed by atoms with Crippen LogP contribution in [0, 0.1) is 0 Å². The van der Waals surface area contributed by atoms with E-state index >= 15 is 0 Å². The lowest BCUT2D eigenvalue weighted by atomic mass is 10.1. The molecule has 0 radical (unpaired) electrons. The summed E-state index contributed by atoms with van der Waals surface area (Å²) < 4.78 is 16.6. The number of carbonyl (C=O) groups excluding carboxylic acids is 3. The summed E-state index contributed by atoms with van der Waals surface area (Å²) in [6.45, 7) is 6.36. The minimum atomic E-state index is -0.845. The van der Waals surface area contributed by atoms with Crippen molar-refractivity contribution in [1.82, 2.24) is 0 Å². The van der Waals surface area contributed by atoms with E-state index in [0.717, 1.165) is 83.5 Å². The fourth-order valence-corrected chi connectivity index (χ4v) is 6.45. The topological polar surface area (TPSA) is 78.9 Å². The predicted molar refractivity (Wildman–Crippen MR) is 270 cm³/mol. The second kappa shape index (κ2) is 50.7. The molecule has 6 heteroatoms. The monoisotopic (exact) mass is 873 g/mol. The Labute approximate surface area is 387 Å². The molecule has 0 saturated heterocycles. The molecule has 1 unspecified atom stereocenters. The molecule has 0 aromatic heterocycles. The lowest BCUT2D eigenvalue weighted by Crippen LogP contribution is -2.30. The van der Waals surface area contributed by atoms with Gasteiger partial charge in [-0.05, 0) is 103 Å². The molecule has 0 spiro atoms. The molecule has 0 aromatic carbocycles. The standard InChI is InChI=1S/C57H92O6/c1-4-7-10-13-16-19-22-25-26-27-28-29-30-33-35-38-41-44-47-50-56(59)62-53-54(63-57(60)51-48-45-42-39-36-32-24-21-18-15-12-9-6-3)52-61-55(58)49-46-43-40-37-34-31-23-20-17-14-11-8-5-2/h7,10,16,19,25-26,28-29,31-36,41-42,44-45,54H,4-6,8-9,11-15,17-18,20-24,27,30,37-40,43,46-53H2,1-3H3/b10-7+,19-16+,26-25+,29-28+,34-31+,35-33+,36-32+,44-41+,45-42+. The molecule has 63 heavy (non-hydrogen) atoms. The van der Waals surface area contributed by atoms with Crippen molar-refractivity contribution in [3.63, 3.8) is 0 Å². The van der Waals surface area contributed by atoms with Gasteiger partial charge in [0.15, 0.2) is 6.10 Å². The molecule has 0 amide bonds. The Balaban J connectivity index is 4.59. The number of hydrogen-bond acceptors (Lipinski definition) is 6. The highest BCUT2D eigenvalue weighted by atomic mass is 16.6. The third-order valence-electron chi connectivity index (χ3n) is 10.3. The van der Waals surface area contributed by atoms with Crippen molar-refractivity contribution in [2.75, 3.05) is 13.2 Å². The number of rotatable bonds is 44. The molecule has 356 valence electrons. The first-order valence-corrected chi connectivity index (χ1v) is 25.4. The van der Waals surface area contributed by atoms with Crippen molar-refractivity contribution >= 4 is 17.9 Å². The number of carbonyl (C=O) groups is 3.